The van der Waals surface area contributed by atoms with Gasteiger partial charge in [-0.3, -0.25) is 4.79 Å². The van der Waals surface area contributed by atoms with Crippen LogP contribution in [0.15, 0.2) is 40.8 Å². The number of aryl methyl sites for hydroxylation is 1. The second kappa shape index (κ2) is 6.52. The van der Waals surface area contributed by atoms with Crippen LogP contribution >= 0.6 is 11.3 Å². The molecule has 3 nitrogen and oxygen atoms in total. The minimum Gasteiger partial charge on any atom is -0.273 e. The Hall–Kier alpha value is -1.94. The first-order valence-corrected chi connectivity index (χ1v) is 9.21. The van der Waals surface area contributed by atoms with E-state index in [4.69, 9.17) is 0 Å². The third-order valence-electron chi connectivity index (χ3n) is 4.59. The first kappa shape index (κ1) is 16.9. The van der Waals surface area contributed by atoms with Gasteiger partial charge in [0.15, 0.2) is 0 Å². The molecule has 0 unspecified atom stereocenters. The van der Waals surface area contributed by atoms with Crippen LogP contribution in [-0.4, -0.2) is 12.1 Å². The Morgan fingerprint density at radius 1 is 1.25 bits per heavy atom. The van der Waals surface area contributed by atoms with Gasteiger partial charge in [-0.05, 0) is 52.8 Å². The zero-order chi connectivity index (χ0) is 17.3. The number of nitrogens with one attached hydrogen (secondary N) is 1. The fraction of sp³-hybridized carbons (Fsp3) is 0.400. The van der Waals surface area contributed by atoms with E-state index in [0.717, 1.165) is 11.3 Å². The van der Waals surface area contributed by atoms with Crippen molar-refractivity contribution >= 4 is 23.5 Å². The highest BCUT2D eigenvalue weighted by Crippen LogP contribution is 2.47. The standard InChI is InChI=1S/C20H24N2OS/c1-13-9-10-24-18(13)12-21-22-19(23)17-11-16(17)14-5-7-15(8-6-14)20(2,3)4/h5-10,12,16-17H,11H2,1-4H3,(H,22,23)/b21-12+/t16-,17-/m0/s1. The zero-order valence-electron chi connectivity index (χ0n) is 14.7. The highest BCUT2D eigenvalue weighted by molar-refractivity contribution is 7.11. The summed E-state index contributed by atoms with van der Waals surface area (Å²) in [6, 6.07) is 10.7. The Morgan fingerprint density at radius 3 is 2.54 bits per heavy atom. The quantitative estimate of drug-likeness (QED) is 0.641. The van der Waals surface area contributed by atoms with Crippen molar-refractivity contribution in [1.82, 2.24) is 5.43 Å². The van der Waals surface area contributed by atoms with Crippen LogP contribution < -0.4 is 5.43 Å². The smallest absolute Gasteiger partial charge is 0.243 e. The highest BCUT2D eigenvalue weighted by atomic mass is 32.1. The molecule has 3 rings (SSSR count). The van der Waals surface area contributed by atoms with Crippen molar-refractivity contribution in [3.05, 3.63) is 57.3 Å². The molecule has 0 saturated heterocycles. The highest BCUT2D eigenvalue weighted by Gasteiger charge is 2.43. The van der Waals surface area contributed by atoms with Crippen molar-refractivity contribution in [2.24, 2.45) is 11.0 Å². The van der Waals surface area contributed by atoms with Crippen LogP contribution in [0.1, 0.15) is 54.7 Å². The molecule has 126 valence electrons. The number of hydrogen-bond acceptors (Lipinski definition) is 3. The monoisotopic (exact) mass is 340 g/mol. The largest absolute Gasteiger partial charge is 0.273 e. The summed E-state index contributed by atoms with van der Waals surface area (Å²) in [5.74, 6) is 0.398. The summed E-state index contributed by atoms with van der Waals surface area (Å²) < 4.78 is 0. The van der Waals surface area contributed by atoms with Gasteiger partial charge in [0.1, 0.15) is 0 Å². The van der Waals surface area contributed by atoms with Gasteiger partial charge in [-0.1, -0.05) is 45.0 Å². The van der Waals surface area contributed by atoms with Crippen molar-refractivity contribution in [3.8, 4) is 0 Å². The number of carbonyl (C=O) groups excluding carboxylic acids is 1. The summed E-state index contributed by atoms with van der Waals surface area (Å²) in [5, 5.41) is 6.12. The molecule has 1 amide bonds. The van der Waals surface area contributed by atoms with Gasteiger partial charge in [0, 0.05) is 10.8 Å². The summed E-state index contributed by atoms with van der Waals surface area (Å²) in [6.45, 7) is 8.67. The molecule has 1 aliphatic carbocycles. The third kappa shape index (κ3) is 3.75. The van der Waals surface area contributed by atoms with Gasteiger partial charge >= 0.3 is 0 Å². The first-order chi connectivity index (χ1) is 11.4. The molecule has 1 aromatic carbocycles. The summed E-state index contributed by atoms with van der Waals surface area (Å²) in [4.78, 5) is 13.3. The van der Waals surface area contributed by atoms with Gasteiger partial charge in [-0.15, -0.1) is 11.3 Å². The summed E-state index contributed by atoms with van der Waals surface area (Å²) in [5.41, 5.74) is 6.60. The Bertz CT molecular complexity index is 753. The van der Waals surface area contributed by atoms with E-state index < -0.39 is 0 Å². The maximum atomic E-state index is 12.2. The van der Waals surface area contributed by atoms with Gasteiger partial charge in [-0.25, -0.2) is 5.43 Å². The van der Waals surface area contributed by atoms with Crippen LogP contribution in [0, 0.1) is 12.8 Å². The molecule has 1 heterocycles. The summed E-state index contributed by atoms with van der Waals surface area (Å²) >= 11 is 1.63. The van der Waals surface area contributed by atoms with Crippen LogP contribution in [0.3, 0.4) is 0 Å². The van der Waals surface area contributed by atoms with Crippen LogP contribution in [0.4, 0.5) is 0 Å². The van der Waals surface area contributed by atoms with Crippen molar-refractivity contribution in [2.45, 2.75) is 45.4 Å². The van der Waals surface area contributed by atoms with Crippen molar-refractivity contribution < 1.29 is 4.79 Å². The minimum atomic E-state index is 0.0188. The third-order valence-corrected chi connectivity index (χ3v) is 5.54. The van der Waals surface area contributed by atoms with Gasteiger partial charge in [0.05, 0.1) is 6.21 Å². The van der Waals surface area contributed by atoms with Crippen LogP contribution in [0.5, 0.6) is 0 Å². The number of thiophene rings is 1. The average molecular weight is 340 g/mol. The van der Waals surface area contributed by atoms with Crippen molar-refractivity contribution in [1.29, 1.82) is 0 Å². The molecule has 0 bridgehead atoms. The fourth-order valence-electron chi connectivity index (χ4n) is 2.84. The number of benzene rings is 1. The fourth-order valence-corrected chi connectivity index (χ4v) is 3.62. The molecular weight excluding hydrogens is 316 g/mol. The minimum absolute atomic E-state index is 0.0188. The Balaban J connectivity index is 1.56. The van der Waals surface area contributed by atoms with E-state index in [1.54, 1.807) is 17.6 Å². The molecule has 0 spiro atoms. The van der Waals surface area contributed by atoms with Crippen LogP contribution in [0.25, 0.3) is 0 Å². The van der Waals surface area contributed by atoms with E-state index in [0.29, 0.717) is 5.92 Å². The molecule has 2 atom stereocenters. The summed E-state index contributed by atoms with van der Waals surface area (Å²) in [6.07, 6.45) is 2.64. The molecule has 2 aromatic rings. The van der Waals surface area contributed by atoms with E-state index in [1.165, 1.54) is 16.7 Å². The maximum absolute atomic E-state index is 12.2. The number of nitrogens with zero attached hydrogens (tertiary/aromatic N) is 1. The molecule has 1 saturated carbocycles. The van der Waals surface area contributed by atoms with E-state index in [2.05, 4.69) is 55.6 Å². The van der Waals surface area contributed by atoms with Gasteiger partial charge in [-0.2, -0.15) is 5.10 Å². The number of hydrogen-bond donors (Lipinski definition) is 1. The Labute approximate surface area is 147 Å². The lowest BCUT2D eigenvalue weighted by Gasteiger charge is -2.19. The molecule has 24 heavy (non-hydrogen) atoms. The second-order valence-electron chi connectivity index (χ2n) is 7.52. The lowest BCUT2D eigenvalue weighted by molar-refractivity contribution is -0.122. The molecule has 1 fully saturated rings. The van der Waals surface area contributed by atoms with Gasteiger partial charge in [0.2, 0.25) is 5.91 Å². The van der Waals surface area contributed by atoms with Crippen LogP contribution in [0.2, 0.25) is 0 Å². The number of carbonyl (C=O) groups is 1. The van der Waals surface area contributed by atoms with E-state index in [-0.39, 0.29) is 17.2 Å². The number of amides is 1. The number of hydrazone groups is 1. The van der Waals surface area contributed by atoms with E-state index in [9.17, 15) is 4.79 Å². The molecular formula is C20H24N2OS. The Kier molecular flexibility index (Phi) is 4.59. The van der Waals surface area contributed by atoms with E-state index in [1.807, 2.05) is 18.4 Å². The van der Waals surface area contributed by atoms with Gasteiger partial charge in [0.25, 0.3) is 0 Å². The average Bonchev–Trinajstić information content (AvgIpc) is 3.24. The van der Waals surface area contributed by atoms with Crippen molar-refractivity contribution in [2.75, 3.05) is 0 Å². The molecule has 4 heteroatoms. The predicted molar refractivity (Wildman–Crippen MR) is 101 cm³/mol. The summed E-state index contributed by atoms with van der Waals surface area (Å²) in [7, 11) is 0. The van der Waals surface area contributed by atoms with Crippen molar-refractivity contribution in [3.63, 3.8) is 0 Å². The lowest BCUT2D eigenvalue weighted by Crippen LogP contribution is -2.20. The molecule has 0 radical (unpaired) electrons. The topological polar surface area (TPSA) is 41.5 Å². The molecule has 1 aliphatic rings. The lowest BCUT2D eigenvalue weighted by atomic mass is 9.86. The molecule has 0 aliphatic heterocycles. The van der Waals surface area contributed by atoms with Crippen LogP contribution in [-0.2, 0) is 10.2 Å². The second-order valence-corrected chi connectivity index (χ2v) is 8.47. The SMILES string of the molecule is Cc1ccsc1/C=N/NC(=O)[C@H]1C[C@H]1c1ccc(C(C)(C)C)cc1. The Morgan fingerprint density at radius 2 is 1.96 bits per heavy atom. The first-order valence-electron chi connectivity index (χ1n) is 8.33. The predicted octanol–water partition coefficient (Wildman–Crippen LogP) is 4.61. The maximum Gasteiger partial charge on any atom is 0.243 e. The number of rotatable bonds is 4. The zero-order valence-corrected chi connectivity index (χ0v) is 15.5. The van der Waals surface area contributed by atoms with E-state index >= 15 is 0 Å². The molecule has 1 N–H and O–H groups in total. The van der Waals surface area contributed by atoms with Gasteiger partial charge < -0.3 is 0 Å². The molecule has 1 aromatic heterocycles. The normalized spacial score (nSPS) is 20.3.